The molecule has 8 nitrogen and oxygen atoms in total. The molecular formula is C12H18N4O4. The van der Waals surface area contributed by atoms with Crippen LogP contribution in [0.15, 0.2) is 0 Å². The molecule has 2 aliphatic heterocycles. The molecule has 20 heavy (non-hydrogen) atoms. The molecular weight excluding hydrogens is 264 g/mol. The number of hydrogen-bond acceptors (Lipinski definition) is 7. The normalized spacial score (nSPS) is 29.8. The molecule has 0 saturated carbocycles. The highest BCUT2D eigenvalue weighted by atomic mass is 16.6. The third-order valence-corrected chi connectivity index (χ3v) is 3.83. The molecule has 3 rings (SSSR count). The van der Waals surface area contributed by atoms with Crippen LogP contribution in [0.4, 0.5) is 0 Å². The Balaban J connectivity index is 1.79. The fourth-order valence-electron chi connectivity index (χ4n) is 2.84. The van der Waals surface area contributed by atoms with E-state index >= 15 is 0 Å². The van der Waals surface area contributed by atoms with Crippen LogP contribution >= 0.6 is 0 Å². The molecule has 2 fully saturated rings. The van der Waals surface area contributed by atoms with Crippen LogP contribution in [0.1, 0.15) is 42.8 Å². The van der Waals surface area contributed by atoms with Gasteiger partial charge in [0.05, 0.1) is 24.9 Å². The Morgan fingerprint density at radius 1 is 1.55 bits per heavy atom. The van der Waals surface area contributed by atoms with Gasteiger partial charge in [0.1, 0.15) is 0 Å². The van der Waals surface area contributed by atoms with Crippen LogP contribution in [-0.4, -0.2) is 58.2 Å². The van der Waals surface area contributed by atoms with Crippen LogP contribution in [0.5, 0.6) is 0 Å². The van der Waals surface area contributed by atoms with Gasteiger partial charge in [0.2, 0.25) is 0 Å². The van der Waals surface area contributed by atoms with Crippen molar-refractivity contribution in [3.8, 4) is 0 Å². The highest BCUT2D eigenvalue weighted by Crippen LogP contribution is 2.37. The predicted octanol–water partition coefficient (Wildman–Crippen LogP) is 0.360. The van der Waals surface area contributed by atoms with Crippen LogP contribution in [0, 0.1) is 0 Å². The predicted molar refractivity (Wildman–Crippen MR) is 66.2 cm³/mol. The van der Waals surface area contributed by atoms with Crippen molar-refractivity contribution in [2.24, 2.45) is 0 Å². The van der Waals surface area contributed by atoms with Crippen LogP contribution in [-0.2, 0) is 14.2 Å². The average molecular weight is 282 g/mol. The minimum absolute atomic E-state index is 0.0415. The van der Waals surface area contributed by atoms with Gasteiger partial charge in [0, 0.05) is 26.1 Å². The number of hydrogen-bond donors (Lipinski definition) is 0. The number of tetrazole rings is 1. The number of rotatable bonds is 3. The lowest BCUT2D eigenvalue weighted by Gasteiger charge is -2.36. The number of esters is 1. The minimum atomic E-state index is -0.485. The Labute approximate surface area is 116 Å². The zero-order valence-electron chi connectivity index (χ0n) is 11.4. The first kappa shape index (κ1) is 13.4. The number of carbonyl (C=O) groups excluding carboxylic acids is 1. The van der Waals surface area contributed by atoms with E-state index in [-0.39, 0.29) is 17.5 Å². The molecule has 1 aromatic rings. The Hall–Kier alpha value is -1.54. The topological polar surface area (TPSA) is 88.4 Å². The van der Waals surface area contributed by atoms with Gasteiger partial charge in [-0.3, -0.25) is 0 Å². The summed E-state index contributed by atoms with van der Waals surface area (Å²) in [6, 6.07) is 0.0415. The molecule has 0 N–H and O–H groups in total. The van der Waals surface area contributed by atoms with Gasteiger partial charge in [-0.25, -0.2) is 9.48 Å². The van der Waals surface area contributed by atoms with Crippen molar-refractivity contribution in [1.29, 1.82) is 0 Å². The van der Waals surface area contributed by atoms with Gasteiger partial charge < -0.3 is 14.2 Å². The number of aromatic nitrogens is 4. The fraction of sp³-hybridized carbons (Fsp3) is 0.833. The lowest BCUT2D eigenvalue weighted by molar-refractivity contribution is -0.0967. The summed E-state index contributed by atoms with van der Waals surface area (Å²) < 4.78 is 17.9. The summed E-state index contributed by atoms with van der Waals surface area (Å²) in [4.78, 5) is 11.8. The lowest BCUT2D eigenvalue weighted by atomic mass is 9.90. The van der Waals surface area contributed by atoms with E-state index in [9.17, 15) is 4.79 Å². The van der Waals surface area contributed by atoms with E-state index in [0.717, 1.165) is 19.3 Å². The molecule has 2 unspecified atom stereocenters. The van der Waals surface area contributed by atoms with Gasteiger partial charge in [-0.2, -0.15) is 0 Å². The van der Waals surface area contributed by atoms with Gasteiger partial charge >= 0.3 is 5.97 Å². The van der Waals surface area contributed by atoms with Crippen molar-refractivity contribution in [3.05, 3.63) is 5.82 Å². The molecule has 2 atom stereocenters. The maximum Gasteiger partial charge on any atom is 0.378 e. The van der Waals surface area contributed by atoms with Gasteiger partial charge in [0.25, 0.3) is 5.82 Å². The van der Waals surface area contributed by atoms with Crippen LogP contribution in [0.3, 0.4) is 0 Å². The van der Waals surface area contributed by atoms with Crippen molar-refractivity contribution in [3.63, 3.8) is 0 Å². The largest absolute Gasteiger partial charge is 0.460 e. The second-order valence-electron chi connectivity index (χ2n) is 5.15. The summed E-state index contributed by atoms with van der Waals surface area (Å²) in [7, 11) is 0. The first-order valence-corrected chi connectivity index (χ1v) is 6.91. The average Bonchev–Trinajstić information content (AvgIpc) is 3.09. The molecule has 1 aromatic heterocycles. The molecule has 2 aliphatic rings. The second-order valence-corrected chi connectivity index (χ2v) is 5.15. The van der Waals surface area contributed by atoms with Crippen LogP contribution in [0.25, 0.3) is 0 Å². The van der Waals surface area contributed by atoms with Crippen LogP contribution < -0.4 is 0 Å². The Morgan fingerprint density at radius 3 is 3.20 bits per heavy atom. The summed E-state index contributed by atoms with van der Waals surface area (Å²) in [6.07, 6.45) is 2.41. The maximum atomic E-state index is 11.8. The molecule has 0 bridgehead atoms. The monoisotopic (exact) mass is 282 g/mol. The maximum absolute atomic E-state index is 11.8. The molecule has 2 saturated heterocycles. The molecule has 110 valence electrons. The van der Waals surface area contributed by atoms with E-state index in [2.05, 4.69) is 15.5 Å². The summed E-state index contributed by atoms with van der Waals surface area (Å²) >= 11 is 0. The quantitative estimate of drug-likeness (QED) is 0.739. The van der Waals surface area contributed by atoms with Crippen LogP contribution in [0.2, 0.25) is 0 Å². The van der Waals surface area contributed by atoms with Gasteiger partial charge in [0.15, 0.2) is 0 Å². The smallest absolute Gasteiger partial charge is 0.378 e. The highest BCUT2D eigenvalue weighted by Gasteiger charge is 2.42. The molecule has 8 heteroatoms. The van der Waals surface area contributed by atoms with Gasteiger partial charge in [-0.15, -0.1) is 5.10 Å². The minimum Gasteiger partial charge on any atom is -0.460 e. The molecule has 0 amide bonds. The van der Waals surface area contributed by atoms with Crippen molar-refractivity contribution < 1.29 is 19.0 Å². The zero-order chi connectivity index (χ0) is 14.0. The summed E-state index contributed by atoms with van der Waals surface area (Å²) in [5.74, 6) is -0.325. The summed E-state index contributed by atoms with van der Waals surface area (Å²) in [5, 5.41) is 11.3. The van der Waals surface area contributed by atoms with E-state index in [0.29, 0.717) is 26.4 Å². The van der Waals surface area contributed by atoms with Crippen molar-refractivity contribution in [2.75, 3.05) is 26.4 Å². The third kappa shape index (κ3) is 2.40. The van der Waals surface area contributed by atoms with E-state index in [1.807, 2.05) is 0 Å². The highest BCUT2D eigenvalue weighted by molar-refractivity contribution is 5.85. The van der Waals surface area contributed by atoms with E-state index in [4.69, 9.17) is 14.2 Å². The standard InChI is InChI=1S/C12H18N4O4/c1-2-19-11(17)10-13-14-15-16(10)9-3-5-20-12(7-9)4-6-18-8-12/h9H,2-8H2,1H3. The van der Waals surface area contributed by atoms with E-state index in [1.165, 1.54) is 0 Å². The SMILES string of the molecule is CCOC(=O)c1nnnn1C1CCOC2(CCOC2)C1. The molecule has 0 radical (unpaired) electrons. The third-order valence-electron chi connectivity index (χ3n) is 3.83. The number of ether oxygens (including phenoxy) is 3. The molecule has 0 aromatic carbocycles. The Kier molecular flexibility index (Phi) is 3.66. The fourth-order valence-corrected chi connectivity index (χ4v) is 2.84. The number of nitrogens with zero attached hydrogens (tertiary/aromatic N) is 4. The first-order valence-electron chi connectivity index (χ1n) is 6.91. The van der Waals surface area contributed by atoms with Crippen molar-refractivity contribution in [1.82, 2.24) is 20.2 Å². The first-order chi connectivity index (χ1) is 9.74. The molecule has 1 spiro atoms. The van der Waals surface area contributed by atoms with Crippen molar-refractivity contribution in [2.45, 2.75) is 37.8 Å². The molecule has 3 heterocycles. The van der Waals surface area contributed by atoms with E-state index in [1.54, 1.807) is 11.6 Å². The molecule has 0 aliphatic carbocycles. The van der Waals surface area contributed by atoms with Gasteiger partial charge in [-0.1, -0.05) is 0 Å². The Morgan fingerprint density at radius 2 is 2.45 bits per heavy atom. The van der Waals surface area contributed by atoms with Crippen molar-refractivity contribution >= 4 is 5.97 Å². The summed E-state index contributed by atoms with van der Waals surface area (Å²) in [6.45, 7) is 3.99. The lowest BCUT2D eigenvalue weighted by Crippen LogP contribution is -2.41. The zero-order valence-corrected chi connectivity index (χ0v) is 11.4. The number of carbonyl (C=O) groups is 1. The Bertz CT molecular complexity index is 484. The van der Waals surface area contributed by atoms with E-state index < -0.39 is 5.97 Å². The van der Waals surface area contributed by atoms with Gasteiger partial charge in [-0.05, 0) is 23.8 Å². The second kappa shape index (κ2) is 5.45. The summed E-state index contributed by atoms with van der Waals surface area (Å²) in [5.41, 5.74) is -0.249.